The number of amides is 1. The first-order valence-electron chi connectivity index (χ1n) is 8.87. The number of aryl methyl sites for hydroxylation is 3. The smallest absolute Gasteiger partial charge is 0.273 e. The van der Waals surface area contributed by atoms with Gasteiger partial charge in [0.2, 0.25) is 0 Å². The SMILES string of the molecule is Cc1ccc(-c2nc(C(=O)N3CCOC(c4nc(C)cs4)C3)cs2)c(C)c1. The molecule has 0 N–H and O–H groups in total. The van der Waals surface area contributed by atoms with Gasteiger partial charge in [0.15, 0.2) is 0 Å². The van der Waals surface area contributed by atoms with E-state index in [2.05, 4.69) is 42.0 Å². The van der Waals surface area contributed by atoms with E-state index in [0.717, 1.165) is 21.3 Å². The Kier molecular flexibility index (Phi) is 5.08. The summed E-state index contributed by atoms with van der Waals surface area (Å²) >= 11 is 3.10. The zero-order valence-electron chi connectivity index (χ0n) is 15.6. The molecule has 1 aliphatic heterocycles. The van der Waals surface area contributed by atoms with E-state index in [-0.39, 0.29) is 12.0 Å². The first-order valence-corrected chi connectivity index (χ1v) is 10.6. The first kappa shape index (κ1) is 18.3. The minimum absolute atomic E-state index is 0.0381. The number of benzene rings is 1. The van der Waals surface area contributed by atoms with Crippen LogP contribution in [0, 0.1) is 20.8 Å². The van der Waals surface area contributed by atoms with Gasteiger partial charge in [-0.3, -0.25) is 4.79 Å². The van der Waals surface area contributed by atoms with Crippen molar-refractivity contribution in [3.05, 3.63) is 56.5 Å². The quantitative estimate of drug-likeness (QED) is 0.655. The maximum absolute atomic E-state index is 13.0. The van der Waals surface area contributed by atoms with Crippen LogP contribution in [-0.2, 0) is 4.74 Å². The van der Waals surface area contributed by atoms with Crippen LogP contribution in [0.5, 0.6) is 0 Å². The number of rotatable bonds is 3. The van der Waals surface area contributed by atoms with Crippen molar-refractivity contribution in [1.82, 2.24) is 14.9 Å². The van der Waals surface area contributed by atoms with Gasteiger partial charge in [-0.05, 0) is 26.3 Å². The van der Waals surface area contributed by atoms with Gasteiger partial charge in [-0.25, -0.2) is 9.97 Å². The molecule has 3 heterocycles. The Morgan fingerprint density at radius 1 is 1.19 bits per heavy atom. The summed E-state index contributed by atoms with van der Waals surface area (Å²) in [5.74, 6) is -0.0381. The molecule has 1 aliphatic rings. The van der Waals surface area contributed by atoms with Crippen LogP contribution in [0.4, 0.5) is 0 Å². The van der Waals surface area contributed by atoms with Gasteiger partial charge in [0.25, 0.3) is 5.91 Å². The second-order valence-electron chi connectivity index (χ2n) is 6.79. The molecule has 2 aromatic heterocycles. The van der Waals surface area contributed by atoms with Crippen molar-refractivity contribution < 1.29 is 9.53 Å². The third-order valence-corrected chi connectivity index (χ3v) is 6.53. The highest BCUT2D eigenvalue weighted by atomic mass is 32.1. The summed E-state index contributed by atoms with van der Waals surface area (Å²) in [5, 5.41) is 5.68. The van der Waals surface area contributed by atoms with Crippen molar-refractivity contribution >= 4 is 28.6 Å². The van der Waals surface area contributed by atoms with Crippen LogP contribution in [-0.4, -0.2) is 40.5 Å². The Balaban J connectivity index is 1.52. The second kappa shape index (κ2) is 7.50. The molecule has 0 spiro atoms. The van der Waals surface area contributed by atoms with Gasteiger partial charge in [0.05, 0.1) is 13.2 Å². The van der Waals surface area contributed by atoms with Gasteiger partial charge < -0.3 is 9.64 Å². The number of nitrogens with zero attached hydrogens (tertiary/aromatic N) is 3. The van der Waals surface area contributed by atoms with Crippen LogP contribution in [0.2, 0.25) is 0 Å². The van der Waals surface area contributed by atoms with E-state index in [4.69, 9.17) is 4.74 Å². The molecule has 1 amide bonds. The standard InChI is InChI=1S/C20H21N3O2S2/c1-12-4-5-15(13(2)8-12)18-22-16(11-27-18)20(24)23-6-7-25-17(9-23)19-21-14(3)10-26-19/h4-5,8,10-11,17H,6-7,9H2,1-3H3. The molecule has 1 fully saturated rings. The van der Waals surface area contributed by atoms with E-state index in [0.29, 0.717) is 25.4 Å². The number of thiazole rings is 2. The maximum atomic E-state index is 13.0. The fraction of sp³-hybridized carbons (Fsp3) is 0.350. The van der Waals surface area contributed by atoms with Crippen LogP contribution in [0.1, 0.15) is 38.4 Å². The van der Waals surface area contributed by atoms with Gasteiger partial charge in [0.1, 0.15) is 21.8 Å². The van der Waals surface area contributed by atoms with Crippen molar-refractivity contribution in [3.8, 4) is 10.6 Å². The zero-order chi connectivity index (χ0) is 19.0. The first-order chi connectivity index (χ1) is 13.0. The summed E-state index contributed by atoms with van der Waals surface area (Å²) in [5.41, 5.74) is 4.98. The van der Waals surface area contributed by atoms with Crippen molar-refractivity contribution in [2.24, 2.45) is 0 Å². The monoisotopic (exact) mass is 399 g/mol. The Morgan fingerprint density at radius 3 is 2.78 bits per heavy atom. The third kappa shape index (κ3) is 3.81. The summed E-state index contributed by atoms with van der Waals surface area (Å²) in [6.07, 6.45) is -0.154. The van der Waals surface area contributed by atoms with Crippen molar-refractivity contribution in [3.63, 3.8) is 0 Å². The molecule has 1 unspecified atom stereocenters. The molecule has 140 valence electrons. The summed E-state index contributed by atoms with van der Waals surface area (Å²) in [6, 6.07) is 6.29. The minimum atomic E-state index is -0.154. The molecule has 27 heavy (non-hydrogen) atoms. The summed E-state index contributed by atoms with van der Waals surface area (Å²) < 4.78 is 5.83. The lowest BCUT2D eigenvalue weighted by Gasteiger charge is -2.31. The third-order valence-electron chi connectivity index (χ3n) is 4.60. The maximum Gasteiger partial charge on any atom is 0.273 e. The van der Waals surface area contributed by atoms with Crippen LogP contribution >= 0.6 is 22.7 Å². The van der Waals surface area contributed by atoms with Gasteiger partial charge >= 0.3 is 0 Å². The summed E-state index contributed by atoms with van der Waals surface area (Å²) in [4.78, 5) is 23.9. The molecule has 4 rings (SSSR count). The van der Waals surface area contributed by atoms with E-state index in [9.17, 15) is 4.79 Å². The average Bonchev–Trinajstić information content (AvgIpc) is 3.31. The normalized spacial score (nSPS) is 17.3. The highest BCUT2D eigenvalue weighted by molar-refractivity contribution is 7.13. The highest BCUT2D eigenvalue weighted by Crippen LogP contribution is 2.29. The van der Waals surface area contributed by atoms with Gasteiger partial charge in [-0.2, -0.15) is 0 Å². The lowest BCUT2D eigenvalue weighted by Crippen LogP contribution is -2.42. The molecule has 0 bridgehead atoms. The van der Waals surface area contributed by atoms with Gasteiger partial charge in [0, 0.05) is 28.6 Å². The van der Waals surface area contributed by atoms with Crippen molar-refractivity contribution in [2.75, 3.05) is 19.7 Å². The topological polar surface area (TPSA) is 55.3 Å². The molecule has 1 atom stereocenters. The fourth-order valence-electron chi connectivity index (χ4n) is 3.21. The molecule has 0 saturated carbocycles. The number of aromatic nitrogens is 2. The fourth-order valence-corrected chi connectivity index (χ4v) is 4.93. The number of ether oxygens (including phenoxy) is 1. The molecular weight excluding hydrogens is 378 g/mol. The lowest BCUT2D eigenvalue weighted by molar-refractivity contribution is -0.0230. The van der Waals surface area contributed by atoms with Crippen LogP contribution < -0.4 is 0 Å². The Morgan fingerprint density at radius 2 is 2.04 bits per heavy atom. The number of hydrogen-bond donors (Lipinski definition) is 0. The van der Waals surface area contributed by atoms with E-state index in [1.807, 2.05) is 22.6 Å². The van der Waals surface area contributed by atoms with Crippen LogP contribution in [0.3, 0.4) is 0 Å². The Hall–Kier alpha value is -2.09. The lowest BCUT2D eigenvalue weighted by atomic mass is 10.1. The molecular formula is C20H21N3O2S2. The van der Waals surface area contributed by atoms with Crippen molar-refractivity contribution in [1.29, 1.82) is 0 Å². The van der Waals surface area contributed by atoms with Crippen molar-refractivity contribution in [2.45, 2.75) is 26.9 Å². The highest BCUT2D eigenvalue weighted by Gasteiger charge is 2.29. The van der Waals surface area contributed by atoms with Gasteiger partial charge in [-0.15, -0.1) is 22.7 Å². The summed E-state index contributed by atoms with van der Waals surface area (Å²) in [7, 11) is 0. The Bertz CT molecular complexity index is 979. The molecule has 7 heteroatoms. The molecule has 1 aromatic carbocycles. The van der Waals surface area contributed by atoms with Gasteiger partial charge in [-0.1, -0.05) is 23.8 Å². The minimum Gasteiger partial charge on any atom is -0.367 e. The van der Waals surface area contributed by atoms with E-state index in [1.54, 1.807) is 11.3 Å². The molecule has 0 radical (unpaired) electrons. The van der Waals surface area contributed by atoms with E-state index >= 15 is 0 Å². The second-order valence-corrected chi connectivity index (χ2v) is 8.54. The molecule has 3 aromatic rings. The average molecular weight is 400 g/mol. The predicted octanol–water partition coefficient (Wildman–Crippen LogP) is 4.41. The zero-order valence-corrected chi connectivity index (χ0v) is 17.2. The van der Waals surface area contributed by atoms with E-state index in [1.165, 1.54) is 22.5 Å². The largest absolute Gasteiger partial charge is 0.367 e. The number of carbonyl (C=O) groups excluding carboxylic acids is 1. The molecule has 1 saturated heterocycles. The number of morpholine rings is 1. The molecule has 5 nitrogen and oxygen atoms in total. The number of carbonyl (C=O) groups is 1. The number of hydrogen-bond acceptors (Lipinski definition) is 6. The predicted molar refractivity (Wildman–Crippen MR) is 108 cm³/mol. The van der Waals surface area contributed by atoms with Crippen LogP contribution in [0.15, 0.2) is 29.0 Å². The van der Waals surface area contributed by atoms with Crippen LogP contribution in [0.25, 0.3) is 10.6 Å². The Labute approximate surface area is 166 Å². The summed E-state index contributed by atoms with van der Waals surface area (Å²) in [6.45, 7) is 7.73. The molecule has 0 aliphatic carbocycles. The van der Waals surface area contributed by atoms with E-state index < -0.39 is 0 Å².